The molecule has 0 aromatic carbocycles. The van der Waals surface area contributed by atoms with Gasteiger partial charge in [-0.25, -0.2) is 0 Å². The van der Waals surface area contributed by atoms with Crippen molar-refractivity contribution in [3.05, 3.63) is 72.9 Å². The minimum Gasteiger partial charge on any atom is -0.394 e. The van der Waals surface area contributed by atoms with Crippen molar-refractivity contribution >= 4 is 5.91 Å². The van der Waals surface area contributed by atoms with Crippen LogP contribution in [0.15, 0.2) is 72.9 Å². The van der Waals surface area contributed by atoms with Crippen molar-refractivity contribution in [3.8, 4) is 0 Å². The summed E-state index contributed by atoms with van der Waals surface area (Å²) >= 11 is 0. The van der Waals surface area contributed by atoms with Gasteiger partial charge in [0.05, 0.1) is 25.4 Å². The van der Waals surface area contributed by atoms with E-state index in [4.69, 9.17) is 9.47 Å². The normalized spacial score (nSPS) is 21.7. The number of nitrogens with one attached hydrogen (secondary N) is 1. The van der Waals surface area contributed by atoms with Gasteiger partial charge in [0.1, 0.15) is 24.4 Å². The Hall–Kier alpha value is -2.37. The van der Waals surface area contributed by atoms with E-state index in [1.807, 2.05) is 6.08 Å². The van der Waals surface area contributed by atoms with Crippen molar-refractivity contribution in [3.63, 3.8) is 0 Å². The molecule has 0 radical (unpaired) electrons. The van der Waals surface area contributed by atoms with E-state index in [2.05, 4.69) is 79.9 Å². The molecule has 1 aliphatic heterocycles. The van der Waals surface area contributed by atoms with Gasteiger partial charge in [-0.1, -0.05) is 177 Å². The second-order valence-corrected chi connectivity index (χ2v) is 15.5. The summed E-state index contributed by atoms with van der Waals surface area (Å²) in [4.78, 5) is 12.9. The fourth-order valence-corrected chi connectivity index (χ4v) is 6.66. The highest BCUT2D eigenvalue weighted by Crippen LogP contribution is 2.22. The van der Waals surface area contributed by atoms with Crippen LogP contribution in [0.4, 0.5) is 0 Å². The number of carbonyl (C=O) groups excluding carboxylic acids is 1. The van der Waals surface area contributed by atoms with E-state index in [1.54, 1.807) is 6.08 Å². The minimum atomic E-state index is -1.58. The monoisotopic (exact) mass is 802 g/mol. The summed E-state index contributed by atoms with van der Waals surface area (Å²) in [7, 11) is 0. The van der Waals surface area contributed by atoms with Gasteiger partial charge in [-0.2, -0.15) is 0 Å². The summed E-state index contributed by atoms with van der Waals surface area (Å²) in [6.45, 7) is 3.61. The molecule has 1 aliphatic rings. The Bertz CT molecular complexity index is 1120. The lowest BCUT2D eigenvalue weighted by Gasteiger charge is -2.40. The number of carbonyl (C=O) groups is 1. The van der Waals surface area contributed by atoms with Crippen LogP contribution in [-0.2, 0) is 14.3 Å². The van der Waals surface area contributed by atoms with Crippen molar-refractivity contribution in [1.29, 1.82) is 0 Å². The Morgan fingerprint density at radius 3 is 1.60 bits per heavy atom. The van der Waals surface area contributed by atoms with E-state index in [-0.39, 0.29) is 18.9 Å². The van der Waals surface area contributed by atoms with Crippen LogP contribution >= 0.6 is 0 Å². The fourth-order valence-electron chi connectivity index (χ4n) is 6.66. The molecule has 1 amide bonds. The first-order valence-electron chi connectivity index (χ1n) is 22.7. The molecule has 1 heterocycles. The Kier molecular flexibility index (Phi) is 35.0. The zero-order chi connectivity index (χ0) is 41.6. The highest BCUT2D eigenvalue weighted by molar-refractivity contribution is 5.76. The Morgan fingerprint density at radius 2 is 1.09 bits per heavy atom. The number of aliphatic hydroxyl groups is 5. The first kappa shape index (κ1) is 52.6. The molecule has 0 saturated carbocycles. The summed E-state index contributed by atoms with van der Waals surface area (Å²) < 4.78 is 11.2. The smallest absolute Gasteiger partial charge is 0.220 e. The third-order valence-corrected chi connectivity index (χ3v) is 10.3. The first-order chi connectivity index (χ1) is 27.8. The first-order valence-corrected chi connectivity index (χ1v) is 22.7. The molecule has 1 rings (SSSR count). The van der Waals surface area contributed by atoms with E-state index in [0.29, 0.717) is 6.42 Å². The standard InChI is InChI=1S/C48H83NO8/c1-3-5-7-9-11-13-15-17-19-21-23-25-27-29-31-33-35-37-42(51)41(40-56-48-47(55)46(54)45(53)43(39-50)57-48)49-44(52)38-36-34-32-30-28-26-24-22-20-18-16-14-12-10-8-6-4-2/h6,8,12,14,18,20,24,26,30,32,35,37,41-43,45-48,50-51,53-55H,3-5,7,9-11,13,15-17,19,21-23,25,27-29,31,33-34,36,38-40H2,1-2H3,(H,49,52)/b8-6-,14-12-,20-18-,26-24-,32-30-,37-35+. The molecule has 0 aromatic heterocycles. The third-order valence-electron chi connectivity index (χ3n) is 10.3. The van der Waals surface area contributed by atoms with Crippen LogP contribution in [0.3, 0.4) is 0 Å². The van der Waals surface area contributed by atoms with Gasteiger partial charge in [0.25, 0.3) is 0 Å². The second-order valence-electron chi connectivity index (χ2n) is 15.5. The molecule has 328 valence electrons. The largest absolute Gasteiger partial charge is 0.394 e. The number of unbranched alkanes of at least 4 members (excludes halogenated alkanes) is 16. The average molecular weight is 802 g/mol. The summed E-state index contributed by atoms with van der Waals surface area (Å²) in [5.74, 6) is -0.236. The number of ether oxygens (including phenoxy) is 2. The number of aliphatic hydroxyl groups excluding tert-OH is 5. The van der Waals surface area contributed by atoms with Crippen LogP contribution in [0.5, 0.6) is 0 Å². The summed E-state index contributed by atoms with van der Waals surface area (Å²) in [6, 6.07) is -0.837. The second kappa shape index (κ2) is 37.9. The van der Waals surface area contributed by atoms with Gasteiger partial charge in [0.2, 0.25) is 5.91 Å². The number of hydrogen-bond donors (Lipinski definition) is 6. The molecule has 0 aliphatic carbocycles. The van der Waals surface area contributed by atoms with E-state index in [1.165, 1.54) is 83.5 Å². The van der Waals surface area contributed by atoms with E-state index < -0.39 is 49.5 Å². The van der Waals surface area contributed by atoms with Crippen LogP contribution in [0.2, 0.25) is 0 Å². The Morgan fingerprint density at radius 1 is 0.614 bits per heavy atom. The van der Waals surface area contributed by atoms with Crippen molar-refractivity contribution in [2.45, 2.75) is 211 Å². The maximum Gasteiger partial charge on any atom is 0.220 e. The third kappa shape index (κ3) is 28.7. The molecule has 9 heteroatoms. The zero-order valence-corrected chi connectivity index (χ0v) is 35.8. The lowest BCUT2D eigenvalue weighted by molar-refractivity contribution is -0.302. The van der Waals surface area contributed by atoms with Crippen LogP contribution in [0.25, 0.3) is 0 Å². The quantitative estimate of drug-likeness (QED) is 0.0271. The molecule has 7 atom stereocenters. The van der Waals surface area contributed by atoms with Gasteiger partial charge in [-0.3, -0.25) is 4.79 Å². The van der Waals surface area contributed by atoms with Gasteiger partial charge in [-0.15, -0.1) is 0 Å². The predicted molar refractivity (Wildman–Crippen MR) is 235 cm³/mol. The summed E-state index contributed by atoms with van der Waals surface area (Å²) in [5, 5.41) is 54.1. The lowest BCUT2D eigenvalue weighted by atomic mass is 9.99. The van der Waals surface area contributed by atoms with Crippen LogP contribution in [0.1, 0.15) is 168 Å². The number of hydrogen-bond acceptors (Lipinski definition) is 8. The molecular formula is C48H83NO8. The van der Waals surface area contributed by atoms with Crippen molar-refractivity contribution in [1.82, 2.24) is 5.32 Å². The highest BCUT2D eigenvalue weighted by atomic mass is 16.7. The van der Waals surface area contributed by atoms with Gasteiger partial charge < -0.3 is 40.3 Å². The highest BCUT2D eigenvalue weighted by Gasteiger charge is 2.44. The molecule has 9 nitrogen and oxygen atoms in total. The molecule has 0 spiro atoms. The van der Waals surface area contributed by atoms with Gasteiger partial charge >= 0.3 is 0 Å². The van der Waals surface area contributed by atoms with Crippen LogP contribution in [-0.4, -0.2) is 87.5 Å². The number of rotatable bonds is 36. The average Bonchev–Trinajstić information content (AvgIpc) is 3.21. The molecule has 0 bridgehead atoms. The molecule has 57 heavy (non-hydrogen) atoms. The van der Waals surface area contributed by atoms with E-state index in [9.17, 15) is 30.3 Å². The van der Waals surface area contributed by atoms with E-state index in [0.717, 1.165) is 57.8 Å². The SMILES string of the molecule is CC/C=C\C/C=C\C/C=C\C/C=C\C/C=C\CCCC(=O)NC(COC1OC(CO)C(O)C(O)C1O)C(O)/C=C/CCCCCCCCCCCCCCCCC. The van der Waals surface area contributed by atoms with Gasteiger partial charge in [-0.05, 0) is 57.8 Å². The van der Waals surface area contributed by atoms with Crippen LogP contribution in [0, 0.1) is 0 Å². The van der Waals surface area contributed by atoms with Crippen LogP contribution < -0.4 is 5.32 Å². The molecule has 6 N–H and O–H groups in total. The molecule has 1 saturated heterocycles. The number of allylic oxidation sites excluding steroid dienone is 11. The van der Waals surface area contributed by atoms with Crippen molar-refractivity contribution in [2.24, 2.45) is 0 Å². The summed E-state index contributed by atoms with van der Waals surface area (Å²) in [6.07, 6.45) is 43.7. The zero-order valence-electron chi connectivity index (χ0n) is 35.8. The maximum absolute atomic E-state index is 12.9. The molecular weight excluding hydrogens is 719 g/mol. The van der Waals surface area contributed by atoms with Gasteiger partial charge in [0.15, 0.2) is 6.29 Å². The van der Waals surface area contributed by atoms with Crippen molar-refractivity contribution < 1.29 is 39.8 Å². The minimum absolute atomic E-state index is 0.215. The van der Waals surface area contributed by atoms with Crippen molar-refractivity contribution in [2.75, 3.05) is 13.2 Å². The fraction of sp³-hybridized carbons (Fsp3) is 0.729. The predicted octanol–water partition coefficient (Wildman–Crippen LogP) is 9.39. The Balaban J connectivity index is 2.43. The summed E-state index contributed by atoms with van der Waals surface area (Å²) in [5.41, 5.74) is 0. The van der Waals surface area contributed by atoms with Gasteiger partial charge in [0, 0.05) is 6.42 Å². The molecule has 0 aromatic rings. The topological polar surface area (TPSA) is 149 Å². The van der Waals surface area contributed by atoms with E-state index >= 15 is 0 Å². The molecule has 7 unspecified atom stereocenters. The Labute approximate surface area is 347 Å². The lowest BCUT2D eigenvalue weighted by Crippen LogP contribution is -2.60. The number of amides is 1. The maximum atomic E-state index is 12.9. The molecule has 1 fully saturated rings.